The third-order valence-electron chi connectivity index (χ3n) is 5.62. The molecular formula is C28H19NO4S. The van der Waals surface area contributed by atoms with Crippen LogP contribution in [0.4, 0.5) is 5.69 Å². The molecule has 5 nitrogen and oxygen atoms in total. The molecule has 5 rings (SSSR count). The lowest BCUT2D eigenvalue weighted by Crippen LogP contribution is -2.25. The fourth-order valence-electron chi connectivity index (χ4n) is 3.92. The lowest BCUT2D eigenvalue weighted by molar-refractivity contribution is 0.0735. The van der Waals surface area contributed by atoms with Crippen LogP contribution in [0.15, 0.2) is 94.7 Å². The van der Waals surface area contributed by atoms with E-state index >= 15 is 0 Å². The first-order valence-corrected chi connectivity index (χ1v) is 11.4. The van der Waals surface area contributed by atoms with Crippen LogP contribution in [0.25, 0.3) is 0 Å². The van der Waals surface area contributed by atoms with Crippen molar-refractivity contribution in [1.82, 2.24) is 0 Å². The number of hydrogen-bond acceptors (Lipinski definition) is 6. The Morgan fingerprint density at radius 1 is 0.794 bits per heavy atom. The van der Waals surface area contributed by atoms with Gasteiger partial charge < -0.3 is 10.5 Å². The van der Waals surface area contributed by atoms with Crippen LogP contribution in [0, 0.1) is 6.92 Å². The highest BCUT2D eigenvalue weighted by atomic mass is 32.2. The molecule has 1 aliphatic carbocycles. The average Bonchev–Trinajstić information content (AvgIpc) is 2.85. The van der Waals surface area contributed by atoms with Gasteiger partial charge in [0.25, 0.3) is 0 Å². The van der Waals surface area contributed by atoms with Crippen molar-refractivity contribution in [2.24, 2.45) is 0 Å². The van der Waals surface area contributed by atoms with E-state index in [1.54, 1.807) is 54.6 Å². The Hall–Kier alpha value is -4.16. The number of ether oxygens (including phenoxy) is 1. The number of ketones is 2. The minimum absolute atomic E-state index is 0.0396. The van der Waals surface area contributed by atoms with Crippen LogP contribution >= 0.6 is 11.8 Å². The van der Waals surface area contributed by atoms with E-state index in [0.717, 1.165) is 10.5 Å². The number of para-hydroxylation sites is 1. The molecule has 6 heteroatoms. The summed E-state index contributed by atoms with van der Waals surface area (Å²) in [6.45, 7) is 1.98. The third-order valence-corrected chi connectivity index (χ3v) is 6.67. The van der Waals surface area contributed by atoms with Crippen molar-refractivity contribution in [2.75, 3.05) is 5.73 Å². The zero-order chi connectivity index (χ0) is 23.8. The Morgan fingerprint density at radius 3 is 2.03 bits per heavy atom. The predicted octanol–water partition coefficient (Wildman–Crippen LogP) is 5.72. The van der Waals surface area contributed by atoms with Crippen LogP contribution in [0.5, 0.6) is 5.75 Å². The monoisotopic (exact) mass is 465 g/mol. The first-order chi connectivity index (χ1) is 16.4. The van der Waals surface area contributed by atoms with Gasteiger partial charge in [0.15, 0.2) is 11.6 Å². The van der Waals surface area contributed by atoms with Gasteiger partial charge >= 0.3 is 5.97 Å². The van der Waals surface area contributed by atoms with Gasteiger partial charge in [-0.15, -0.1) is 0 Å². The number of aryl methyl sites for hydroxylation is 1. The summed E-state index contributed by atoms with van der Waals surface area (Å²) in [6.07, 6.45) is 0. The Kier molecular flexibility index (Phi) is 5.51. The number of esters is 1. The summed E-state index contributed by atoms with van der Waals surface area (Å²) in [5, 5.41) is 0. The molecule has 0 amide bonds. The molecule has 4 aromatic carbocycles. The molecule has 166 valence electrons. The van der Waals surface area contributed by atoms with Crippen LogP contribution < -0.4 is 10.5 Å². The molecule has 0 bridgehead atoms. The highest BCUT2D eigenvalue weighted by molar-refractivity contribution is 7.99. The molecule has 0 unspecified atom stereocenters. The highest BCUT2D eigenvalue weighted by Crippen LogP contribution is 2.41. The summed E-state index contributed by atoms with van der Waals surface area (Å²) in [5.41, 5.74) is 8.29. The van der Waals surface area contributed by atoms with Crippen LogP contribution in [0.3, 0.4) is 0 Å². The molecule has 0 heterocycles. The van der Waals surface area contributed by atoms with E-state index in [1.807, 2.05) is 37.3 Å². The second-order valence-corrected chi connectivity index (χ2v) is 9.02. The van der Waals surface area contributed by atoms with Crippen molar-refractivity contribution < 1.29 is 19.1 Å². The van der Waals surface area contributed by atoms with Gasteiger partial charge in [0.1, 0.15) is 5.75 Å². The minimum Gasteiger partial charge on any atom is -0.423 e. The first kappa shape index (κ1) is 21.7. The second kappa shape index (κ2) is 8.65. The quantitative estimate of drug-likeness (QED) is 0.207. The molecule has 34 heavy (non-hydrogen) atoms. The number of nitrogens with two attached hydrogens (primary N) is 1. The smallest absolute Gasteiger partial charge is 0.345 e. The van der Waals surface area contributed by atoms with E-state index in [1.165, 1.54) is 11.8 Å². The van der Waals surface area contributed by atoms with Gasteiger partial charge in [0.05, 0.1) is 16.8 Å². The molecule has 4 aromatic rings. The number of nitrogen functional groups attached to an aromatic ring is 1. The molecule has 0 atom stereocenters. The van der Waals surface area contributed by atoms with Crippen molar-refractivity contribution in [3.8, 4) is 5.75 Å². The Balaban J connectivity index is 1.68. The lowest BCUT2D eigenvalue weighted by Gasteiger charge is -2.23. The summed E-state index contributed by atoms with van der Waals surface area (Å²) in [6, 6.07) is 24.6. The van der Waals surface area contributed by atoms with Gasteiger partial charge in [-0.2, -0.15) is 0 Å². The highest BCUT2D eigenvalue weighted by Gasteiger charge is 2.36. The van der Waals surface area contributed by atoms with Crippen molar-refractivity contribution in [1.29, 1.82) is 0 Å². The largest absolute Gasteiger partial charge is 0.423 e. The van der Waals surface area contributed by atoms with Gasteiger partial charge in [-0.3, -0.25) is 9.59 Å². The van der Waals surface area contributed by atoms with Gasteiger partial charge in [0, 0.05) is 26.5 Å². The summed E-state index contributed by atoms with van der Waals surface area (Å²) < 4.78 is 5.50. The van der Waals surface area contributed by atoms with Crippen LogP contribution in [0.2, 0.25) is 0 Å². The van der Waals surface area contributed by atoms with E-state index in [4.69, 9.17) is 10.5 Å². The fraction of sp³-hybridized carbons (Fsp3) is 0.0357. The summed E-state index contributed by atoms with van der Waals surface area (Å²) in [7, 11) is 0. The van der Waals surface area contributed by atoms with E-state index in [-0.39, 0.29) is 39.5 Å². The Bertz CT molecular complexity index is 1460. The SMILES string of the molecule is Cc1ccc(Sc2cc(C(=O)Oc3ccccc3)c(N)c3c2C(=O)c2ccccc2C3=O)cc1. The van der Waals surface area contributed by atoms with E-state index < -0.39 is 5.97 Å². The van der Waals surface area contributed by atoms with Crippen molar-refractivity contribution in [2.45, 2.75) is 16.7 Å². The molecular weight excluding hydrogens is 446 g/mol. The summed E-state index contributed by atoms with van der Waals surface area (Å²) in [5.74, 6) is -1.03. The second-order valence-electron chi connectivity index (χ2n) is 7.91. The predicted molar refractivity (Wildman–Crippen MR) is 131 cm³/mol. The number of benzene rings is 4. The van der Waals surface area contributed by atoms with Gasteiger partial charge in [0.2, 0.25) is 0 Å². The molecule has 0 aliphatic heterocycles. The molecule has 2 N–H and O–H groups in total. The van der Waals surface area contributed by atoms with Gasteiger partial charge in [-0.05, 0) is 37.3 Å². The van der Waals surface area contributed by atoms with E-state index in [9.17, 15) is 14.4 Å². The molecule has 0 radical (unpaired) electrons. The van der Waals surface area contributed by atoms with E-state index in [2.05, 4.69) is 0 Å². The maximum absolute atomic E-state index is 13.5. The molecule has 0 saturated carbocycles. The number of rotatable bonds is 4. The summed E-state index contributed by atoms with van der Waals surface area (Å²) >= 11 is 1.30. The van der Waals surface area contributed by atoms with Crippen molar-refractivity contribution in [3.63, 3.8) is 0 Å². The zero-order valence-corrected chi connectivity index (χ0v) is 19.0. The fourth-order valence-corrected chi connectivity index (χ4v) is 4.92. The Morgan fingerprint density at radius 2 is 1.38 bits per heavy atom. The number of anilines is 1. The first-order valence-electron chi connectivity index (χ1n) is 10.6. The topological polar surface area (TPSA) is 86.5 Å². The van der Waals surface area contributed by atoms with Crippen LogP contribution in [-0.2, 0) is 0 Å². The number of carbonyl (C=O) groups excluding carboxylic acids is 3. The standard InChI is InChI=1S/C28H19NO4S/c1-16-11-13-18(14-12-16)34-22-15-21(28(32)33-17-7-3-2-4-8-17)25(29)24-23(22)26(30)19-9-5-6-10-20(19)27(24)31/h2-15H,29H2,1H3. The molecule has 1 aliphatic rings. The van der Waals surface area contributed by atoms with E-state index in [0.29, 0.717) is 16.2 Å². The minimum atomic E-state index is -0.698. The van der Waals surface area contributed by atoms with Crippen LogP contribution in [0.1, 0.15) is 47.8 Å². The number of carbonyl (C=O) groups is 3. The van der Waals surface area contributed by atoms with Crippen LogP contribution in [-0.4, -0.2) is 17.5 Å². The van der Waals surface area contributed by atoms with Crippen molar-refractivity contribution in [3.05, 3.63) is 118 Å². The number of hydrogen-bond donors (Lipinski definition) is 1. The molecule has 0 saturated heterocycles. The maximum atomic E-state index is 13.5. The molecule has 0 fully saturated rings. The normalized spacial score (nSPS) is 12.1. The van der Waals surface area contributed by atoms with Crippen molar-refractivity contribution >= 4 is 35.0 Å². The van der Waals surface area contributed by atoms with Gasteiger partial charge in [-0.25, -0.2) is 4.79 Å². The molecule has 0 spiro atoms. The average molecular weight is 466 g/mol. The zero-order valence-electron chi connectivity index (χ0n) is 18.2. The van der Waals surface area contributed by atoms with Gasteiger partial charge in [-0.1, -0.05) is 71.9 Å². The number of fused-ring (bicyclic) bond motifs is 2. The Labute approximate surface area is 200 Å². The summed E-state index contributed by atoms with van der Waals surface area (Å²) in [4.78, 5) is 41.4. The molecule has 0 aromatic heterocycles. The third kappa shape index (κ3) is 3.78. The maximum Gasteiger partial charge on any atom is 0.345 e. The lowest BCUT2D eigenvalue weighted by atomic mass is 9.82.